The van der Waals surface area contributed by atoms with E-state index in [4.69, 9.17) is 4.74 Å². The van der Waals surface area contributed by atoms with Gasteiger partial charge in [0.1, 0.15) is 5.75 Å². The van der Waals surface area contributed by atoms with Crippen LogP contribution in [0.25, 0.3) is 11.3 Å². The zero-order chi connectivity index (χ0) is 19.6. The molecule has 1 heterocycles. The molecule has 3 rings (SSSR count). The second-order valence-electron chi connectivity index (χ2n) is 5.86. The number of methoxy groups -OCH3 is 1. The molecule has 0 saturated carbocycles. The highest BCUT2D eigenvalue weighted by Gasteiger charge is 2.16. The fourth-order valence-corrected chi connectivity index (χ4v) is 3.47. The van der Waals surface area contributed by atoms with Gasteiger partial charge < -0.3 is 4.74 Å². The summed E-state index contributed by atoms with van der Waals surface area (Å²) in [6, 6.07) is 11.8. The summed E-state index contributed by atoms with van der Waals surface area (Å²) in [6.45, 7) is 3.53. The standard InChI is InChI=1S/C19H17N3O4S/c1-11-10-14(6-9-16(11)22(24)25)18(23)21-19-20-17(12(2)27-19)13-4-7-15(26-3)8-5-13/h4-10H,1-3H3,(H,20,21,23). The van der Waals surface area contributed by atoms with Gasteiger partial charge in [-0.15, -0.1) is 11.3 Å². The number of aryl methyl sites for hydroxylation is 2. The molecule has 0 unspecified atom stereocenters. The van der Waals surface area contributed by atoms with Gasteiger partial charge in [-0.25, -0.2) is 4.98 Å². The molecule has 3 aromatic rings. The Morgan fingerprint density at radius 3 is 2.48 bits per heavy atom. The topological polar surface area (TPSA) is 94.4 Å². The summed E-state index contributed by atoms with van der Waals surface area (Å²) in [6.07, 6.45) is 0. The van der Waals surface area contributed by atoms with E-state index < -0.39 is 4.92 Å². The maximum Gasteiger partial charge on any atom is 0.272 e. The third kappa shape index (κ3) is 3.95. The van der Waals surface area contributed by atoms with Crippen molar-refractivity contribution in [3.8, 4) is 17.0 Å². The molecule has 0 aliphatic rings. The van der Waals surface area contributed by atoms with Crippen molar-refractivity contribution in [3.63, 3.8) is 0 Å². The maximum atomic E-state index is 12.5. The first-order chi connectivity index (χ1) is 12.9. The van der Waals surface area contributed by atoms with Crippen LogP contribution in [0.3, 0.4) is 0 Å². The van der Waals surface area contributed by atoms with Crippen LogP contribution in [0, 0.1) is 24.0 Å². The molecule has 1 N–H and O–H groups in total. The molecule has 27 heavy (non-hydrogen) atoms. The van der Waals surface area contributed by atoms with Gasteiger partial charge in [-0.3, -0.25) is 20.2 Å². The Balaban J connectivity index is 1.81. The Hall–Kier alpha value is -3.26. The van der Waals surface area contributed by atoms with E-state index in [1.165, 1.54) is 29.5 Å². The lowest BCUT2D eigenvalue weighted by Gasteiger charge is -2.04. The third-order valence-electron chi connectivity index (χ3n) is 4.04. The van der Waals surface area contributed by atoms with Gasteiger partial charge in [0.2, 0.25) is 0 Å². The number of carbonyl (C=O) groups is 1. The van der Waals surface area contributed by atoms with Crippen LogP contribution in [-0.4, -0.2) is 22.9 Å². The molecule has 1 aromatic heterocycles. The van der Waals surface area contributed by atoms with Crippen LogP contribution in [0.4, 0.5) is 10.8 Å². The second kappa shape index (κ2) is 7.55. The molecule has 0 atom stereocenters. The van der Waals surface area contributed by atoms with Crippen molar-refractivity contribution in [2.45, 2.75) is 13.8 Å². The van der Waals surface area contributed by atoms with Gasteiger partial charge in [0.25, 0.3) is 11.6 Å². The minimum absolute atomic E-state index is 0.0153. The Labute approximate surface area is 159 Å². The zero-order valence-electron chi connectivity index (χ0n) is 15.0. The number of rotatable bonds is 5. The number of aromatic nitrogens is 1. The number of hydrogen-bond acceptors (Lipinski definition) is 6. The molecule has 1 amide bonds. The van der Waals surface area contributed by atoms with E-state index >= 15 is 0 Å². The normalized spacial score (nSPS) is 10.5. The maximum absolute atomic E-state index is 12.5. The summed E-state index contributed by atoms with van der Waals surface area (Å²) < 4.78 is 5.16. The van der Waals surface area contributed by atoms with Crippen LogP contribution < -0.4 is 10.1 Å². The molecule has 0 aliphatic heterocycles. The van der Waals surface area contributed by atoms with Crippen molar-refractivity contribution in [2.24, 2.45) is 0 Å². The molecule has 8 heteroatoms. The highest BCUT2D eigenvalue weighted by molar-refractivity contribution is 7.16. The average Bonchev–Trinajstić information content (AvgIpc) is 3.01. The van der Waals surface area contributed by atoms with Crippen LogP contribution in [0.1, 0.15) is 20.8 Å². The van der Waals surface area contributed by atoms with Crippen molar-refractivity contribution in [1.82, 2.24) is 4.98 Å². The summed E-state index contributed by atoms with van der Waals surface area (Å²) in [5, 5.41) is 14.1. The van der Waals surface area contributed by atoms with Gasteiger partial charge >= 0.3 is 0 Å². The molecule has 7 nitrogen and oxygen atoms in total. The number of nitro benzene ring substituents is 1. The summed E-state index contributed by atoms with van der Waals surface area (Å²) >= 11 is 1.37. The second-order valence-corrected chi connectivity index (χ2v) is 7.07. The summed E-state index contributed by atoms with van der Waals surface area (Å²) in [7, 11) is 1.61. The van der Waals surface area contributed by atoms with E-state index in [1.54, 1.807) is 14.0 Å². The minimum Gasteiger partial charge on any atom is -0.497 e. The van der Waals surface area contributed by atoms with E-state index in [-0.39, 0.29) is 11.6 Å². The number of nitrogens with one attached hydrogen (secondary N) is 1. The Bertz CT molecular complexity index is 1010. The van der Waals surface area contributed by atoms with E-state index in [0.717, 1.165) is 21.9 Å². The lowest BCUT2D eigenvalue weighted by atomic mass is 10.1. The number of anilines is 1. The van der Waals surface area contributed by atoms with Crippen LogP contribution in [0.5, 0.6) is 5.75 Å². The highest BCUT2D eigenvalue weighted by atomic mass is 32.1. The lowest BCUT2D eigenvalue weighted by molar-refractivity contribution is -0.385. The van der Waals surface area contributed by atoms with E-state index in [2.05, 4.69) is 10.3 Å². The zero-order valence-corrected chi connectivity index (χ0v) is 15.8. The predicted octanol–water partition coefficient (Wildman–Crippen LogP) is 4.60. The summed E-state index contributed by atoms with van der Waals surface area (Å²) in [5.41, 5.74) is 2.48. The quantitative estimate of drug-likeness (QED) is 0.513. The average molecular weight is 383 g/mol. The third-order valence-corrected chi connectivity index (χ3v) is 4.92. The summed E-state index contributed by atoms with van der Waals surface area (Å²) in [5.74, 6) is 0.400. The number of thiazole rings is 1. The molecule has 2 aromatic carbocycles. The number of benzene rings is 2. The van der Waals surface area contributed by atoms with E-state index in [1.807, 2.05) is 31.2 Å². The number of nitro groups is 1. The molecular weight excluding hydrogens is 366 g/mol. The highest BCUT2D eigenvalue weighted by Crippen LogP contribution is 2.31. The Morgan fingerprint density at radius 1 is 1.19 bits per heavy atom. The number of hydrogen-bond donors (Lipinski definition) is 1. The minimum atomic E-state index is -0.470. The van der Waals surface area contributed by atoms with Crippen molar-refractivity contribution in [1.29, 1.82) is 0 Å². The fraction of sp³-hybridized carbons (Fsp3) is 0.158. The van der Waals surface area contributed by atoms with E-state index in [0.29, 0.717) is 16.3 Å². The van der Waals surface area contributed by atoms with Crippen LogP contribution in [-0.2, 0) is 0 Å². The van der Waals surface area contributed by atoms with Gasteiger partial charge in [-0.1, -0.05) is 0 Å². The Morgan fingerprint density at radius 2 is 1.89 bits per heavy atom. The van der Waals surface area contributed by atoms with Crippen molar-refractivity contribution < 1.29 is 14.5 Å². The van der Waals surface area contributed by atoms with Gasteiger partial charge in [0.15, 0.2) is 5.13 Å². The number of amides is 1. The smallest absolute Gasteiger partial charge is 0.272 e. The number of carbonyl (C=O) groups excluding carboxylic acids is 1. The largest absolute Gasteiger partial charge is 0.497 e. The Kier molecular flexibility index (Phi) is 5.18. The first kappa shape index (κ1) is 18.5. The predicted molar refractivity (Wildman–Crippen MR) is 105 cm³/mol. The number of nitrogens with zero attached hydrogens (tertiary/aromatic N) is 2. The molecule has 0 spiro atoms. The fourth-order valence-electron chi connectivity index (χ4n) is 2.64. The monoisotopic (exact) mass is 383 g/mol. The SMILES string of the molecule is COc1ccc(-c2nc(NC(=O)c3ccc([N+](=O)[O-])c(C)c3)sc2C)cc1. The van der Waals surface area contributed by atoms with Gasteiger partial charge in [-0.2, -0.15) is 0 Å². The van der Waals surface area contributed by atoms with Crippen LogP contribution >= 0.6 is 11.3 Å². The van der Waals surface area contributed by atoms with Gasteiger partial charge in [0, 0.05) is 27.6 Å². The first-order valence-electron chi connectivity index (χ1n) is 8.07. The lowest BCUT2D eigenvalue weighted by Crippen LogP contribution is -2.12. The number of ether oxygens (including phenoxy) is 1. The first-order valence-corrected chi connectivity index (χ1v) is 8.89. The molecule has 0 aliphatic carbocycles. The van der Waals surface area contributed by atoms with Crippen LogP contribution in [0.15, 0.2) is 42.5 Å². The van der Waals surface area contributed by atoms with Crippen molar-refractivity contribution in [3.05, 3.63) is 68.6 Å². The van der Waals surface area contributed by atoms with Crippen molar-refractivity contribution in [2.75, 3.05) is 12.4 Å². The van der Waals surface area contributed by atoms with Crippen LogP contribution in [0.2, 0.25) is 0 Å². The summed E-state index contributed by atoms with van der Waals surface area (Å²) in [4.78, 5) is 28.4. The van der Waals surface area contributed by atoms with Gasteiger partial charge in [-0.05, 0) is 50.2 Å². The van der Waals surface area contributed by atoms with Gasteiger partial charge in [0.05, 0.1) is 17.7 Å². The molecule has 0 radical (unpaired) electrons. The van der Waals surface area contributed by atoms with Crippen molar-refractivity contribution >= 4 is 28.1 Å². The molecular formula is C19H17N3O4S. The molecule has 0 fully saturated rings. The molecule has 0 bridgehead atoms. The molecule has 138 valence electrons. The van der Waals surface area contributed by atoms with E-state index in [9.17, 15) is 14.9 Å². The molecule has 0 saturated heterocycles.